The zero-order valence-electron chi connectivity index (χ0n) is 17.5. The second-order valence-electron chi connectivity index (χ2n) is 7.29. The molecule has 0 heterocycles. The Bertz CT molecular complexity index is 724. The Morgan fingerprint density at radius 2 is 0.818 bits per heavy atom. The maximum Gasteiger partial charge on any atom is 0.414 e. The number of carboxylic acid groups (broad SMARTS) is 5. The first kappa shape index (κ1) is 29.2. The molecule has 0 spiro atoms. The van der Waals surface area contributed by atoms with Crippen LogP contribution in [0.5, 0.6) is 0 Å². The smallest absolute Gasteiger partial charge is 0.414 e. The zero-order valence-corrected chi connectivity index (χ0v) is 17.5. The number of carboxylic acids is 5. The van der Waals surface area contributed by atoms with Gasteiger partial charge in [0.25, 0.3) is 0 Å². The van der Waals surface area contributed by atoms with E-state index in [2.05, 4.69) is 0 Å². The third kappa shape index (κ3) is 9.89. The lowest BCUT2D eigenvalue weighted by molar-refractivity contribution is -0.837. The number of quaternary nitrogens is 2. The van der Waals surface area contributed by atoms with Crippen molar-refractivity contribution in [3.05, 3.63) is 0 Å². The molecule has 17 heteroatoms. The molecule has 0 fully saturated rings. The highest BCUT2D eigenvalue weighted by Gasteiger charge is 2.42. The van der Waals surface area contributed by atoms with Crippen molar-refractivity contribution in [2.75, 3.05) is 58.9 Å². The van der Waals surface area contributed by atoms with Gasteiger partial charge in [-0.15, -0.1) is 0 Å². The van der Waals surface area contributed by atoms with E-state index in [0.29, 0.717) is 0 Å². The second kappa shape index (κ2) is 12.3. The van der Waals surface area contributed by atoms with Crippen LogP contribution in [0.4, 0.5) is 9.59 Å². The van der Waals surface area contributed by atoms with Crippen LogP contribution in [-0.2, 0) is 24.0 Å². The summed E-state index contributed by atoms with van der Waals surface area (Å²) in [7, 11) is 0. The molecule has 0 aliphatic heterocycles. The fourth-order valence-electron chi connectivity index (χ4n) is 3.12. The normalized spacial score (nSPS) is 11.7. The monoisotopic (exact) mass is 481 g/mol. The highest BCUT2D eigenvalue weighted by Crippen LogP contribution is 2.11. The second-order valence-corrected chi connectivity index (χ2v) is 7.29. The van der Waals surface area contributed by atoms with Crippen molar-refractivity contribution in [1.29, 1.82) is 0 Å². The van der Waals surface area contributed by atoms with Crippen LogP contribution in [0.1, 0.15) is 0 Å². The molecule has 17 nitrogen and oxygen atoms in total. The number of hydrogen-bond donors (Lipinski definition) is 7. The number of primary amides is 2. The molecule has 9 N–H and O–H groups in total. The quantitative estimate of drug-likeness (QED) is 0.105. The molecular weight excluding hydrogens is 454 g/mol. The molecule has 33 heavy (non-hydrogen) atoms. The first-order chi connectivity index (χ1) is 15.0. The number of rotatable bonds is 16. The average Bonchev–Trinajstić information content (AvgIpc) is 2.60. The van der Waals surface area contributed by atoms with Gasteiger partial charge in [-0.25, -0.2) is 37.7 Å². The molecule has 0 saturated heterocycles. The molecule has 0 rings (SSSR count). The fraction of sp³-hybridized carbons (Fsp3) is 0.562. The summed E-state index contributed by atoms with van der Waals surface area (Å²) in [4.78, 5) is 80.8. The summed E-state index contributed by atoms with van der Waals surface area (Å²) in [6.07, 6.45) is 0. The van der Waals surface area contributed by atoms with Crippen LogP contribution in [-0.4, -0.2) is 140 Å². The molecule has 0 radical (unpaired) electrons. The van der Waals surface area contributed by atoms with E-state index in [1.807, 2.05) is 0 Å². The van der Waals surface area contributed by atoms with Crippen LogP contribution in [0, 0.1) is 0 Å². The molecule has 0 saturated carbocycles. The molecule has 0 aromatic carbocycles. The molecular formula is C16H27N5O12+2. The minimum Gasteiger partial charge on any atom is -0.480 e. The van der Waals surface area contributed by atoms with E-state index in [-0.39, 0.29) is 0 Å². The third-order valence-corrected chi connectivity index (χ3v) is 4.73. The van der Waals surface area contributed by atoms with Gasteiger partial charge in [0.1, 0.15) is 13.1 Å². The lowest BCUT2D eigenvalue weighted by Gasteiger charge is -2.35. The molecule has 4 amide bonds. The van der Waals surface area contributed by atoms with Crippen molar-refractivity contribution >= 4 is 41.9 Å². The van der Waals surface area contributed by atoms with Gasteiger partial charge in [-0.2, -0.15) is 0 Å². The molecule has 0 aliphatic rings. The molecule has 0 aromatic heterocycles. The van der Waals surface area contributed by atoms with Gasteiger partial charge in [-0.1, -0.05) is 0 Å². The summed E-state index contributed by atoms with van der Waals surface area (Å²) in [5.74, 6) is -7.60. The predicted molar refractivity (Wildman–Crippen MR) is 104 cm³/mol. The summed E-state index contributed by atoms with van der Waals surface area (Å²) < 4.78 is -2.53. The summed E-state index contributed by atoms with van der Waals surface area (Å²) in [5, 5.41) is 45.4. The SMILES string of the molecule is NC(=O)[N+](CCN(CC[N+](CC(=O)O)(CC(=O)O)C(N)=O)CC(=O)O)(CC(=O)O)CC(=O)O. The van der Waals surface area contributed by atoms with Gasteiger partial charge < -0.3 is 37.0 Å². The number of hydrogen-bond acceptors (Lipinski definition) is 8. The Kier molecular flexibility index (Phi) is 10.8. The Balaban J connectivity index is 5.87. The topological polar surface area (TPSA) is 276 Å². The Morgan fingerprint density at radius 1 is 0.545 bits per heavy atom. The summed E-state index contributed by atoms with van der Waals surface area (Å²) in [6.45, 7) is -6.76. The van der Waals surface area contributed by atoms with E-state index < -0.39 is 110 Å². The van der Waals surface area contributed by atoms with Crippen molar-refractivity contribution in [2.45, 2.75) is 0 Å². The van der Waals surface area contributed by atoms with Gasteiger partial charge in [0.15, 0.2) is 26.2 Å². The number of amides is 4. The molecule has 0 atom stereocenters. The number of nitrogens with two attached hydrogens (primary N) is 2. The third-order valence-electron chi connectivity index (χ3n) is 4.73. The van der Waals surface area contributed by atoms with Crippen LogP contribution in [0.25, 0.3) is 0 Å². The average molecular weight is 481 g/mol. The van der Waals surface area contributed by atoms with Gasteiger partial charge in [0, 0.05) is 13.1 Å². The lowest BCUT2D eigenvalue weighted by atomic mass is 10.3. The highest BCUT2D eigenvalue weighted by atomic mass is 16.4. The Labute approximate surface area is 186 Å². The predicted octanol–water partition coefficient (Wildman–Crippen LogP) is -3.50. The maximum absolute atomic E-state index is 11.9. The van der Waals surface area contributed by atoms with Crippen LogP contribution >= 0.6 is 0 Å². The molecule has 0 aliphatic carbocycles. The minimum atomic E-state index is -1.55. The van der Waals surface area contributed by atoms with E-state index in [1.165, 1.54) is 0 Å². The highest BCUT2D eigenvalue weighted by molar-refractivity contribution is 5.77. The van der Waals surface area contributed by atoms with Gasteiger partial charge in [-0.3, -0.25) is 9.69 Å². The van der Waals surface area contributed by atoms with Crippen LogP contribution in [0.2, 0.25) is 0 Å². The molecule has 0 bridgehead atoms. The van der Waals surface area contributed by atoms with Crippen molar-refractivity contribution in [3.8, 4) is 0 Å². The van der Waals surface area contributed by atoms with Gasteiger partial charge in [0.05, 0.1) is 6.54 Å². The summed E-state index contributed by atoms with van der Waals surface area (Å²) in [6, 6.07) is -2.59. The standard InChI is InChI=1S/C16H25N5O12/c17-15(32)20(6-11(24)25,7-12(26)27)3-1-19(5-10(22)23)2-4-21(16(18)33,8-13(28)29)9-14(30)31/h1-9H2,(H7-2,17,18,22,23,24,25,26,27,28,29,30,31,32,33)/p+2. The summed E-state index contributed by atoms with van der Waals surface area (Å²) >= 11 is 0. The Hall–Kier alpha value is -3.83. The lowest BCUT2D eigenvalue weighted by Crippen LogP contribution is -2.64. The van der Waals surface area contributed by atoms with Crippen molar-refractivity contribution < 1.29 is 68.1 Å². The largest absolute Gasteiger partial charge is 0.480 e. The van der Waals surface area contributed by atoms with E-state index >= 15 is 0 Å². The fourth-order valence-corrected chi connectivity index (χ4v) is 3.12. The van der Waals surface area contributed by atoms with Crippen molar-refractivity contribution in [1.82, 2.24) is 4.90 Å². The van der Waals surface area contributed by atoms with E-state index in [1.54, 1.807) is 0 Å². The summed E-state index contributed by atoms with van der Waals surface area (Å²) in [5.41, 5.74) is 10.5. The zero-order chi connectivity index (χ0) is 26.0. The van der Waals surface area contributed by atoms with E-state index in [4.69, 9.17) is 37.0 Å². The first-order valence-electron chi connectivity index (χ1n) is 9.19. The number of aliphatic carboxylic acids is 5. The van der Waals surface area contributed by atoms with Crippen molar-refractivity contribution in [2.24, 2.45) is 11.5 Å². The number of carbonyl (C=O) groups excluding carboxylic acids is 2. The van der Waals surface area contributed by atoms with E-state index in [9.17, 15) is 33.6 Å². The van der Waals surface area contributed by atoms with Crippen LogP contribution < -0.4 is 11.5 Å². The Morgan fingerprint density at radius 3 is 1.00 bits per heavy atom. The van der Waals surface area contributed by atoms with Gasteiger partial charge in [-0.05, 0) is 0 Å². The number of carbonyl (C=O) groups is 7. The molecule has 0 aromatic rings. The minimum absolute atomic E-state index is 0.422. The van der Waals surface area contributed by atoms with Crippen molar-refractivity contribution in [3.63, 3.8) is 0 Å². The van der Waals surface area contributed by atoms with Crippen LogP contribution in [0.15, 0.2) is 0 Å². The van der Waals surface area contributed by atoms with Gasteiger partial charge in [0.2, 0.25) is 0 Å². The number of urea groups is 2. The van der Waals surface area contributed by atoms with Gasteiger partial charge >= 0.3 is 41.9 Å². The molecule has 186 valence electrons. The maximum atomic E-state index is 11.9. The van der Waals surface area contributed by atoms with Crippen LogP contribution in [0.3, 0.4) is 0 Å². The number of nitrogens with zero attached hydrogens (tertiary/aromatic N) is 3. The first-order valence-corrected chi connectivity index (χ1v) is 9.19. The molecule has 0 unspecified atom stereocenters. The van der Waals surface area contributed by atoms with E-state index in [0.717, 1.165) is 4.90 Å².